The van der Waals surface area contributed by atoms with Gasteiger partial charge < -0.3 is 34.3 Å². The highest BCUT2D eigenvalue weighted by molar-refractivity contribution is 5.78. The molecule has 0 radical (unpaired) electrons. The van der Waals surface area contributed by atoms with Gasteiger partial charge in [-0.25, -0.2) is 0 Å². The summed E-state index contributed by atoms with van der Waals surface area (Å²) in [6, 6.07) is -0.337. The van der Waals surface area contributed by atoms with Crippen LogP contribution in [-0.4, -0.2) is 87.4 Å². The molecule has 0 unspecified atom stereocenters. The topological polar surface area (TPSA) is 151 Å². The molecule has 12 nitrogen and oxygen atoms in total. The fraction of sp³-hybridized carbons (Fsp3) is 0.824. The van der Waals surface area contributed by atoms with Gasteiger partial charge in [-0.05, 0) is 13.8 Å². The van der Waals surface area contributed by atoms with Crippen LogP contribution in [0, 0.1) is 4.91 Å². The minimum absolute atomic E-state index is 0.0504. The Morgan fingerprint density at radius 1 is 1.10 bits per heavy atom. The predicted octanol–water partition coefficient (Wildman–Crippen LogP) is -1.15. The number of hydrogen-bond acceptors (Lipinski definition) is 9. The quantitative estimate of drug-likeness (QED) is 0.332. The molecular weight excluding hydrogens is 390 g/mol. The highest BCUT2D eigenvalue weighted by Gasteiger charge is 2.52. The van der Waals surface area contributed by atoms with E-state index in [0.29, 0.717) is 0 Å². The summed E-state index contributed by atoms with van der Waals surface area (Å²) in [7, 11) is 0. The van der Waals surface area contributed by atoms with E-state index >= 15 is 0 Å². The smallest absolute Gasteiger partial charge is 0.311 e. The van der Waals surface area contributed by atoms with E-state index in [-0.39, 0.29) is 56.9 Å². The molecule has 12 heteroatoms. The summed E-state index contributed by atoms with van der Waals surface area (Å²) in [5, 5.41) is 7.69. The number of rotatable bonds is 10. The summed E-state index contributed by atoms with van der Waals surface area (Å²) in [6.45, 7) is 4.90. The Bertz CT molecular complexity index is 613. The molecule has 0 bridgehead atoms. The Hall–Kier alpha value is -1.99. The Kier molecular flexibility index (Phi) is 8.59. The highest BCUT2D eigenvalue weighted by atomic mass is 16.8. The van der Waals surface area contributed by atoms with Crippen molar-refractivity contribution in [1.29, 1.82) is 0 Å². The molecule has 0 spiro atoms. The third-order valence-corrected chi connectivity index (χ3v) is 4.24. The fourth-order valence-corrected chi connectivity index (χ4v) is 3.13. The molecule has 2 aliphatic heterocycles. The molecule has 0 saturated carbocycles. The number of nitrogens with one attached hydrogen (secondary N) is 2. The third-order valence-electron chi connectivity index (χ3n) is 4.24. The average Bonchev–Trinajstić information content (AvgIpc) is 2.98. The van der Waals surface area contributed by atoms with Crippen LogP contribution in [0.5, 0.6) is 0 Å². The molecule has 2 heterocycles. The van der Waals surface area contributed by atoms with E-state index in [1.54, 1.807) is 13.8 Å². The second-order valence-electron chi connectivity index (χ2n) is 7.14. The fourth-order valence-electron chi connectivity index (χ4n) is 3.13. The molecule has 2 N–H and O–H groups in total. The Labute approximate surface area is 167 Å². The normalized spacial score (nSPS) is 27.7. The molecule has 2 aliphatic rings. The van der Waals surface area contributed by atoms with Crippen LogP contribution in [0.15, 0.2) is 5.18 Å². The first-order chi connectivity index (χ1) is 13.7. The number of ether oxygens (including phenoxy) is 5. The molecule has 0 aromatic carbocycles. The lowest BCUT2D eigenvalue weighted by Gasteiger charge is -2.37. The minimum atomic E-state index is -0.907. The van der Waals surface area contributed by atoms with Gasteiger partial charge in [0.15, 0.2) is 5.79 Å². The lowest BCUT2D eigenvalue weighted by molar-refractivity contribution is -0.153. The molecule has 164 valence electrons. The zero-order valence-corrected chi connectivity index (χ0v) is 16.7. The van der Waals surface area contributed by atoms with Crippen LogP contribution in [0.4, 0.5) is 0 Å². The summed E-state index contributed by atoms with van der Waals surface area (Å²) in [5.41, 5.74) is 0. The zero-order valence-electron chi connectivity index (χ0n) is 16.7. The minimum Gasteiger partial charge on any atom is -0.371 e. The van der Waals surface area contributed by atoms with E-state index in [2.05, 4.69) is 15.8 Å². The number of hydrogen-bond donors (Lipinski definition) is 2. The van der Waals surface area contributed by atoms with E-state index in [1.807, 2.05) is 0 Å². The number of carbonyl (C=O) groups excluding carboxylic acids is 3. The van der Waals surface area contributed by atoms with E-state index in [4.69, 9.17) is 23.7 Å². The number of fused-ring (bicyclic) bond motifs is 1. The number of nitroso groups, excluding NO2 is 1. The van der Waals surface area contributed by atoms with E-state index in [9.17, 15) is 19.3 Å². The van der Waals surface area contributed by atoms with Crippen LogP contribution in [0.3, 0.4) is 0 Å². The van der Waals surface area contributed by atoms with Crippen LogP contribution < -0.4 is 10.6 Å². The molecule has 0 aromatic heterocycles. The predicted molar refractivity (Wildman–Crippen MR) is 96.6 cm³/mol. The maximum atomic E-state index is 11.9. The molecule has 0 aliphatic carbocycles. The number of amides is 3. The molecule has 3 amide bonds. The van der Waals surface area contributed by atoms with Crippen molar-refractivity contribution >= 4 is 17.7 Å². The van der Waals surface area contributed by atoms with Gasteiger partial charge in [-0.3, -0.25) is 14.4 Å². The molecule has 4 atom stereocenters. The first-order valence-corrected chi connectivity index (χ1v) is 9.24. The summed E-state index contributed by atoms with van der Waals surface area (Å²) in [4.78, 5) is 43.8. The van der Waals surface area contributed by atoms with Crippen molar-refractivity contribution in [1.82, 2.24) is 10.6 Å². The van der Waals surface area contributed by atoms with Gasteiger partial charge in [0.05, 0.1) is 25.9 Å². The summed E-state index contributed by atoms with van der Waals surface area (Å²) in [6.07, 6.45) is -1.28. The van der Waals surface area contributed by atoms with Crippen LogP contribution in [-0.2, 0) is 38.1 Å². The van der Waals surface area contributed by atoms with Gasteiger partial charge in [0, 0.05) is 18.6 Å². The molecule has 29 heavy (non-hydrogen) atoms. The lowest BCUT2D eigenvalue weighted by atomic mass is 9.98. The lowest BCUT2D eigenvalue weighted by Crippen LogP contribution is -2.59. The van der Waals surface area contributed by atoms with Crippen LogP contribution in [0.25, 0.3) is 0 Å². The Morgan fingerprint density at radius 2 is 1.76 bits per heavy atom. The van der Waals surface area contributed by atoms with Gasteiger partial charge in [0.2, 0.25) is 11.8 Å². The molecule has 2 rings (SSSR count). The van der Waals surface area contributed by atoms with Gasteiger partial charge in [0.1, 0.15) is 31.5 Å². The highest BCUT2D eigenvalue weighted by Crippen LogP contribution is 2.35. The Balaban J connectivity index is 1.71. The molecular formula is C17H27N3O9. The van der Waals surface area contributed by atoms with E-state index < -0.39 is 30.5 Å². The number of nitrogens with zero attached hydrogens (tertiary/aromatic N) is 1. The first-order valence-electron chi connectivity index (χ1n) is 9.24. The van der Waals surface area contributed by atoms with E-state index in [0.717, 1.165) is 0 Å². The molecule has 0 aromatic rings. The SMILES string of the molecule is CC(=O)N[C@H]1CO[C@H](CNC(=O)COCCOCC(=O)N=O)[C@@H]2OC(C)(C)O[C@@H]21. The zero-order chi connectivity index (χ0) is 21.4. The van der Waals surface area contributed by atoms with Crippen LogP contribution in [0.1, 0.15) is 20.8 Å². The molecule has 2 fully saturated rings. The van der Waals surface area contributed by atoms with Gasteiger partial charge in [-0.1, -0.05) is 0 Å². The maximum Gasteiger partial charge on any atom is 0.311 e. The summed E-state index contributed by atoms with van der Waals surface area (Å²) < 4.78 is 27.6. The average molecular weight is 417 g/mol. The van der Waals surface area contributed by atoms with Crippen molar-refractivity contribution in [2.24, 2.45) is 5.18 Å². The number of carbonyl (C=O) groups is 3. The van der Waals surface area contributed by atoms with Gasteiger partial charge in [-0.15, -0.1) is 4.91 Å². The van der Waals surface area contributed by atoms with Gasteiger partial charge in [0.25, 0.3) is 0 Å². The van der Waals surface area contributed by atoms with Crippen molar-refractivity contribution in [2.75, 3.05) is 39.6 Å². The van der Waals surface area contributed by atoms with E-state index in [1.165, 1.54) is 6.92 Å². The summed E-state index contributed by atoms with van der Waals surface area (Å²) in [5.74, 6) is -2.29. The van der Waals surface area contributed by atoms with Crippen molar-refractivity contribution in [2.45, 2.75) is 50.9 Å². The Morgan fingerprint density at radius 3 is 2.41 bits per heavy atom. The van der Waals surface area contributed by atoms with Crippen molar-refractivity contribution < 1.29 is 38.1 Å². The molecule has 2 saturated heterocycles. The second kappa shape index (κ2) is 10.7. The van der Waals surface area contributed by atoms with Crippen LogP contribution in [0.2, 0.25) is 0 Å². The van der Waals surface area contributed by atoms with Crippen molar-refractivity contribution in [3.63, 3.8) is 0 Å². The second-order valence-corrected chi connectivity index (χ2v) is 7.14. The third kappa shape index (κ3) is 7.40. The van der Waals surface area contributed by atoms with Crippen molar-refractivity contribution in [3.05, 3.63) is 4.91 Å². The standard InChI is InChI=1S/C17H27N3O9/c1-10(21)19-11-7-27-12(16-15(11)28-17(2,3)29-16)6-18-13(22)8-25-4-5-26-9-14(23)20-24/h11-12,15-16H,4-9H2,1-3H3,(H,18,22)(H,19,21)/t11-,12+,15+,16-/m0/s1. The van der Waals surface area contributed by atoms with Crippen molar-refractivity contribution in [3.8, 4) is 0 Å². The van der Waals surface area contributed by atoms with Crippen LogP contribution >= 0.6 is 0 Å². The van der Waals surface area contributed by atoms with Gasteiger partial charge >= 0.3 is 5.91 Å². The maximum absolute atomic E-state index is 11.9. The summed E-state index contributed by atoms with van der Waals surface area (Å²) >= 11 is 0. The monoisotopic (exact) mass is 417 g/mol. The largest absolute Gasteiger partial charge is 0.371 e. The van der Waals surface area contributed by atoms with Gasteiger partial charge in [-0.2, -0.15) is 0 Å². The first kappa shape index (κ1) is 23.3.